The molecule has 0 atom stereocenters. The van der Waals surface area contributed by atoms with Gasteiger partial charge in [0, 0.05) is 44.5 Å². The highest BCUT2D eigenvalue weighted by Crippen LogP contribution is 2.19. The van der Waals surface area contributed by atoms with E-state index in [0.717, 1.165) is 31.9 Å². The molecular weight excluding hydrogens is 266 g/mol. The zero-order chi connectivity index (χ0) is 15.1. The normalized spacial score (nSPS) is 11.6. The first-order chi connectivity index (χ1) is 10.2. The molecule has 2 rings (SSSR count). The van der Waals surface area contributed by atoms with Crippen molar-refractivity contribution < 1.29 is 9.47 Å². The van der Waals surface area contributed by atoms with Crippen LogP contribution in [0.25, 0.3) is 11.0 Å². The largest absolute Gasteiger partial charge is 0.383 e. The third-order valence-electron chi connectivity index (χ3n) is 3.30. The lowest BCUT2D eigenvalue weighted by molar-refractivity contribution is 0.0732. The van der Waals surface area contributed by atoms with Crippen LogP contribution in [0.15, 0.2) is 24.5 Å². The Morgan fingerprint density at radius 2 is 2.19 bits per heavy atom. The van der Waals surface area contributed by atoms with Gasteiger partial charge in [-0.1, -0.05) is 0 Å². The van der Waals surface area contributed by atoms with Gasteiger partial charge in [-0.2, -0.15) is 0 Å². The SMILES string of the molecule is COCCNCc1cn(CCOC(C)C)c2ncccc12. The van der Waals surface area contributed by atoms with Crippen LogP contribution >= 0.6 is 0 Å². The van der Waals surface area contributed by atoms with Gasteiger partial charge in [-0.05, 0) is 31.5 Å². The Morgan fingerprint density at radius 3 is 2.95 bits per heavy atom. The topological polar surface area (TPSA) is 48.3 Å². The molecule has 116 valence electrons. The van der Waals surface area contributed by atoms with Gasteiger partial charge in [0.1, 0.15) is 5.65 Å². The summed E-state index contributed by atoms with van der Waals surface area (Å²) in [7, 11) is 1.71. The van der Waals surface area contributed by atoms with Crippen LogP contribution in [0.4, 0.5) is 0 Å². The minimum Gasteiger partial charge on any atom is -0.383 e. The number of hydrogen-bond acceptors (Lipinski definition) is 4. The molecule has 0 saturated carbocycles. The van der Waals surface area contributed by atoms with E-state index >= 15 is 0 Å². The molecule has 21 heavy (non-hydrogen) atoms. The fourth-order valence-electron chi connectivity index (χ4n) is 2.29. The lowest BCUT2D eigenvalue weighted by Gasteiger charge is -2.08. The summed E-state index contributed by atoms with van der Waals surface area (Å²) < 4.78 is 12.9. The molecule has 5 heteroatoms. The summed E-state index contributed by atoms with van der Waals surface area (Å²) in [6, 6.07) is 4.10. The Labute approximate surface area is 126 Å². The Balaban J connectivity index is 2.06. The second-order valence-corrected chi connectivity index (χ2v) is 5.31. The van der Waals surface area contributed by atoms with Crippen LogP contribution in [0, 0.1) is 0 Å². The first-order valence-electron chi connectivity index (χ1n) is 7.46. The summed E-state index contributed by atoms with van der Waals surface area (Å²) in [6.07, 6.45) is 4.26. The van der Waals surface area contributed by atoms with Gasteiger partial charge in [-0.25, -0.2) is 4.98 Å². The number of methoxy groups -OCH3 is 1. The summed E-state index contributed by atoms with van der Waals surface area (Å²) in [6.45, 7) is 8.02. The third-order valence-corrected chi connectivity index (χ3v) is 3.30. The third kappa shape index (κ3) is 4.52. The van der Waals surface area contributed by atoms with Crippen molar-refractivity contribution in [3.63, 3.8) is 0 Å². The molecule has 2 aromatic rings. The van der Waals surface area contributed by atoms with E-state index in [-0.39, 0.29) is 6.10 Å². The predicted molar refractivity (Wildman–Crippen MR) is 84.4 cm³/mol. The van der Waals surface area contributed by atoms with Gasteiger partial charge in [-0.3, -0.25) is 0 Å². The first kappa shape index (κ1) is 15.9. The Hall–Kier alpha value is -1.43. The summed E-state index contributed by atoms with van der Waals surface area (Å²) in [5.41, 5.74) is 2.28. The fraction of sp³-hybridized carbons (Fsp3) is 0.562. The van der Waals surface area contributed by atoms with E-state index < -0.39 is 0 Å². The summed E-state index contributed by atoms with van der Waals surface area (Å²) in [5.74, 6) is 0. The molecular formula is C16H25N3O2. The number of rotatable bonds is 9. The van der Waals surface area contributed by atoms with E-state index in [1.165, 1.54) is 10.9 Å². The van der Waals surface area contributed by atoms with Crippen molar-refractivity contribution in [1.29, 1.82) is 0 Å². The lowest BCUT2D eigenvalue weighted by Crippen LogP contribution is -2.18. The van der Waals surface area contributed by atoms with Gasteiger partial charge in [0.25, 0.3) is 0 Å². The summed E-state index contributed by atoms with van der Waals surface area (Å²) in [4.78, 5) is 4.50. The molecule has 1 N–H and O–H groups in total. The zero-order valence-electron chi connectivity index (χ0n) is 13.1. The standard InChI is InChI=1S/C16H25N3O2/c1-13(2)21-10-8-19-12-14(11-17-7-9-20-3)15-5-4-6-18-16(15)19/h4-6,12-13,17H,7-11H2,1-3H3. The monoisotopic (exact) mass is 291 g/mol. The van der Waals surface area contributed by atoms with E-state index in [1.807, 2.05) is 12.3 Å². The van der Waals surface area contributed by atoms with Gasteiger partial charge in [0.15, 0.2) is 0 Å². The molecule has 0 spiro atoms. The van der Waals surface area contributed by atoms with E-state index in [9.17, 15) is 0 Å². The van der Waals surface area contributed by atoms with Crippen molar-refractivity contribution in [3.8, 4) is 0 Å². The maximum atomic E-state index is 5.64. The number of pyridine rings is 1. The van der Waals surface area contributed by atoms with Crippen LogP contribution in [-0.4, -0.2) is 42.5 Å². The molecule has 0 saturated heterocycles. The van der Waals surface area contributed by atoms with E-state index in [2.05, 4.69) is 41.0 Å². The molecule has 0 unspecified atom stereocenters. The highest BCUT2D eigenvalue weighted by atomic mass is 16.5. The number of aromatic nitrogens is 2. The smallest absolute Gasteiger partial charge is 0.140 e. The molecule has 0 aliphatic rings. The molecule has 2 heterocycles. The molecule has 0 aromatic carbocycles. The Kier molecular flexibility index (Phi) is 6.17. The van der Waals surface area contributed by atoms with Gasteiger partial charge < -0.3 is 19.4 Å². The van der Waals surface area contributed by atoms with Crippen molar-refractivity contribution >= 4 is 11.0 Å². The van der Waals surface area contributed by atoms with Crippen LogP contribution < -0.4 is 5.32 Å². The molecule has 5 nitrogen and oxygen atoms in total. The van der Waals surface area contributed by atoms with E-state index in [1.54, 1.807) is 7.11 Å². The van der Waals surface area contributed by atoms with Gasteiger partial charge >= 0.3 is 0 Å². The number of nitrogens with one attached hydrogen (secondary N) is 1. The predicted octanol–water partition coefficient (Wildman–Crippen LogP) is 2.20. The van der Waals surface area contributed by atoms with Crippen molar-refractivity contribution in [2.24, 2.45) is 0 Å². The molecule has 0 amide bonds. The van der Waals surface area contributed by atoms with Crippen molar-refractivity contribution in [2.75, 3.05) is 26.9 Å². The first-order valence-corrected chi connectivity index (χ1v) is 7.46. The molecule has 0 aliphatic carbocycles. The second kappa shape index (κ2) is 8.12. The summed E-state index contributed by atoms with van der Waals surface area (Å²) in [5, 5.41) is 4.59. The van der Waals surface area contributed by atoms with E-state index in [0.29, 0.717) is 6.61 Å². The van der Waals surface area contributed by atoms with Crippen molar-refractivity contribution in [2.45, 2.75) is 33.0 Å². The highest BCUT2D eigenvalue weighted by molar-refractivity contribution is 5.80. The van der Waals surface area contributed by atoms with Gasteiger partial charge in [0.2, 0.25) is 0 Å². The average molecular weight is 291 g/mol. The van der Waals surface area contributed by atoms with Gasteiger partial charge in [-0.15, -0.1) is 0 Å². The fourth-order valence-corrected chi connectivity index (χ4v) is 2.29. The van der Waals surface area contributed by atoms with Gasteiger partial charge in [0.05, 0.1) is 19.3 Å². The Bertz CT molecular complexity index is 551. The molecule has 0 fully saturated rings. The van der Waals surface area contributed by atoms with Crippen molar-refractivity contribution in [3.05, 3.63) is 30.1 Å². The number of nitrogens with zero attached hydrogens (tertiary/aromatic N) is 2. The lowest BCUT2D eigenvalue weighted by atomic mass is 10.2. The van der Waals surface area contributed by atoms with Crippen LogP contribution in [0.3, 0.4) is 0 Å². The van der Waals surface area contributed by atoms with Crippen molar-refractivity contribution in [1.82, 2.24) is 14.9 Å². The van der Waals surface area contributed by atoms with E-state index in [4.69, 9.17) is 9.47 Å². The van der Waals surface area contributed by atoms with Crippen LogP contribution in [0.2, 0.25) is 0 Å². The molecule has 0 radical (unpaired) electrons. The maximum Gasteiger partial charge on any atom is 0.140 e. The maximum absolute atomic E-state index is 5.64. The minimum absolute atomic E-state index is 0.259. The number of fused-ring (bicyclic) bond motifs is 1. The minimum atomic E-state index is 0.259. The Morgan fingerprint density at radius 1 is 1.33 bits per heavy atom. The van der Waals surface area contributed by atoms with Crippen LogP contribution in [0.5, 0.6) is 0 Å². The quantitative estimate of drug-likeness (QED) is 0.720. The van der Waals surface area contributed by atoms with Crippen LogP contribution in [0.1, 0.15) is 19.4 Å². The van der Waals surface area contributed by atoms with Crippen LogP contribution in [-0.2, 0) is 22.6 Å². The number of ether oxygens (including phenoxy) is 2. The highest BCUT2D eigenvalue weighted by Gasteiger charge is 2.09. The number of hydrogen-bond donors (Lipinski definition) is 1. The summed E-state index contributed by atoms with van der Waals surface area (Å²) >= 11 is 0. The molecule has 0 aliphatic heterocycles. The zero-order valence-corrected chi connectivity index (χ0v) is 13.1. The average Bonchev–Trinajstić information content (AvgIpc) is 2.82. The second-order valence-electron chi connectivity index (χ2n) is 5.31. The molecule has 2 aromatic heterocycles. The molecule has 0 bridgehead atoms.